The van der Waals surface area contributed by atoms with E-state index in [4.69, 9.17) is 18.9 Å². The number of carbonyl (C=O) groups excluding carboxylic acids is 2. The summed E-state index contributed by atoms with van der Waals surface area (Å²) >= 11 is 0. The molecule has 0 saturated carbocycles. The van der Waals surface area contributed by atoms with Crippen molar-refractivity contribution in [1.29, 1.82) is 0 Å². The van der Waals surface area contributed by atoms with Gasteiger partial charge in [-0.2, -0.15) is 0 Å². The molecule has 1 aliphatic heterocycles. The first kappa shape index (κ1) is 30.9. The van der Waals surface area contributed by atoms with Gasteiger partial charge in [-0.3, -0.25) is 4.79 Å². The van der Waals surface area contributed by atoms with E-state index in [1.165, 1.54) is 5.56 Å². The third-order valence-corrected chi connectivity index (χ3v) is 7.01. The fraction of sp³-hybridized carbons (Fsp3) is 0.733. The summed E-state index contributed by atoms with van der Waals surface area (Å²) in [4.78, 5) is 25.3. The number of alkyl carbamates (subject to hydrolysis) is 1. The Hall–Kier alpha value is -2.28. The molecule has 0 bridgehead atoms. The molecule has 210 valence electrons. The average Bonchev–Trinajstić information content (AvgIpc) is 3.18. The van der Waals surface area contributed by atoms with Crippen LogP contribution >= 0.6 is 0 Å². The molecule has 1 heterocycles. The lowest BCUT2D eigenvalue weighted by Crippen LogP contribution is -2.47. The Balaban J connectivity index is 2.20. The highest BCUT2D eigenvalue weighted by Gasteiger charge is 2.42. The van der Waals surface area contributed by atoms with Crippen molar-refractivity contribution in [3.8, 4) is 5.75 Å². The number of esters is 1. The number of nitrogens with one attached hydrogen (secondary N) is 1. The number of rotatable bonds is 13. The molecule has 0 radical (unpaired) electrons. The summed E-state index contributed by atoms with van der Waals surface area (Å²) in [6, 6.07) is 6.04. The van der Waals surface area contributed by atoms with Crippen LogP contribution in [0.3, 0.4) is 0 Å². The summed E-state index contributed by atoms with van der Waals surface area (Å²) in [5.74, 6) is 1.36. The lowest BCUT2D eigenvalue weighted by Gasteiger charge is -2.31. The Kier molecular flexibility index (Phi) is 11.7. The first-order chi connectivity index (χ1) is 17.3. The van der Waals surface area contributed by atoms with Gasteiger partial charge in [-0.1, -0.05) is 39.8 Å². The standard InChI is InChI=1S/C30H49NO6/c1-19(2)23(15-22-12-11-21(5)26(16-22)35-14-10-13-34-9)17-25(31-29(33)37-30(6,7)8)27-18-24(20(3)4)28(32)36-27/h11-12,16,19-20,23-25,27H,10,13-15,17-18H2,1-9H3,(H,31,33)/t23-,24?,25-,27?/m0/s1. The van der Waals surface area contributed by atoms with Crippen molar-refractivity contribution in [3.05, 3.63) is 29.3 Å². The zero-order chi connectivity index (χ0) is 27.8. The van der Waals surface area contributed by atoms with Gasteiger partial charge in [0.2, 0.25) is 0 Å². The lowest BCUT2D eigenvalue weighted by atomic mass is 9.81. The Labute approximate surface area is 224 Å². The largest absolute Gasteiger partial charge is 0.493 e. The molecule has 1 aromatic carbocycles. The first-order valence-electron chi connectivity index (χ1n) is 13.7. The maximum Gasteiger partial charge on any atom is 0.408 e. The number of cyclic esters (lactones) is 1. The highest BCUT2D eigenvalue weighted by Crippen LogP contribution is 2.33. The van der Waals surface area contributed by atoms with Gasteiger partial charge in [0.05, 0.1) is 18.6 Å². The van der Waals surface area contributed by atoms with Crippen LogP contribution in [-0.2, 0) is 25.4 Å². The topological polar surface area (TPSA) is 83.1 Å². The Morgan fingerprint density at radius 1 is 1.16 bits per heavy atom. The highest BCUT2D eigenvalue weighted by molar-refractivity contribution is 5.75. The van der Waals surface area contributed by atoms with Gasteiger partial charge >= 0.3 is 12.1 Å². The molecule has 0 aromatic heterocycles. The fourth-order valence-electron chi connectivity index (χ4n) is 4.72. The molecular weight excluding hydrogens is 470 g/mol. The molecule has 0 aliphatic carbocycles. The van der Waals surface area contributed by atoms with Gasteiger partial charge in [0.25, 0.3) is 0 Å². The van der Waals surface area contributed by atoms with E-state index >= 15 is 0 Å². The van der Waals surface area contributed by atoms with E-state index in [1.54, 1.807) is 7.11 Å². The summed E-state index contributed by atoms with van der Waals surface area (Å²) in [5.41, 5.74) is 1.68. The van der Waals surface area contributed by atoms with Crippen LogP contribution in [0.15, 0.2) is 18.2 Å². The van der Waals surface area contributed by atoms with Crippen LogP contribution in [0, 0.1) is 30.6 Å². The third-order valence-electron chi connectivity index (χ3n) is 7.01. The van der Waals surface area contributed by atoms with E-state index in [0.29, 0.717) is 32.0 Å². The smallest absolute Gasteiger partial charge is 0.408 e. The molecule has 37 heavy (non-hydrogen) atoms. The molecule has 7 nitrogen and oxygen atoms in total. The molecule has 1 amide bonds. The second-order valence-electron chi connectivity index (χ2n) is 12.1. The minimum absolute atomic E-state index is 0.152. The second kappa shape index (κ2) is 14.0. The maximum atomic E-state index is 12.8. The number of ether oxygens (including phenoxy) is 4. The van der Waals surface area contributed by atoms with Crippen molar-refractivity contribution in [2.45, 2.75) is 98.8 Å². The molecule has 1 N–H and O–H groups in total. The zero-order valence-corrected chi connectivity index (χ0v) is 24.4. The summed E-state index contributed by atoms with van der Waals surface area (Å²) in [6.07, 6.45) is 2.10. The van der Waals surface area contributed by atoms with E-state index in [9.17, 15) is 9.59 Å². The van der Waals surface area contributed by atoms with Crippen molar-refractivity contribution in [2.75, 3.05) is 20.3 Å². The quantitative estimate of drug-likeness (QED) is 0.251. The predicted octanol–water partition coefficient (Wildman–Crippen LogP) is 6.10. The van der Waals surface area contributed by atoms with Crippen molar-refractivity contribution < 1.29 is 28.5 Å². The molecule has 7 heteroatoms. The number of methoxy groups -OCH3 is 1. The van der Waals surface area contributed by atoms with Gasteiger partial charge in [0.15, 0.2) is 0 Å². The van der Waals surface area contributed by atoms with Crippen molar-refractivity contribution >= 4 is 12.1 Å². The van der Waals surface area contributed by atoms with Crippen molar-refractivity contribution in [3.63, 3.8) is 0 Å². The summed E-state index contributed by atoms with van der Waals surface area (Å²) < 4.78 is 22.5. The molecule has 2 unspecified atom stereocenters. The van der Waals surface area contributed by atoms with E-state index in [2.05, 4.69) is 44.3 Å². The Bertz CT molecular complexity index is 875. The van der Waals surface area contributed by atoms with Crippen molar-refractivity contribution in [1.82, 2.24) is 5.32 Å². The van der Waals surface area contributed by atoms with Crippen LogP contribution in [0.1, 0.15) is 78.9 Å². The SMILES string of the molecule is COCCCOc1cc(C[C@@H](C[C@H](NC(=O)OC(C)(C)C)C2CC(C(C)C)C(=O)O2)C(C)C)ccc1C. The number of aryl methyl sites for hydroxylation is 1. The van der Waals surface area contributed by atoms with Gasteiger partial charge in [0.1, 0.15) is 17.5 Å². The molecular formula is C30H49NO6. The van der Waals surface area contributed by atoms with Crippen LogP contribution in [0.25, 0.3) is 0 Å². The van der Waals surface area contributed by atoms with Gasteiger partial charge in [-0.25, -0.2) is 4.79 Å². The summed E-state index contributed by atoms with van der Waals surface area (Å²) in [7, 11) is 1.69. The molecule has 4 atom stereocenters. The van der Waals surface area contributed by atoms with E-state index in [0.717, 1.165) is 24.2 Å². The van der Waals surface area contributed by atoms with Gasteiger partial charge < -0.3 is 24.3 Å². The Morgan fingerprint density at radius 3 is 2.43 bits per heavy atom. The van der Waals surface area contributed by atoms with E-state index < -0.39 is 11.7 Å². The van der Waals surface area contributed by atoms with Gasteiger partial charge in [-0.05, 0) is 81.9 Å². The fourth-order valence-corrected chi connectivity index (χ4v) is 4.72. The van der Waals surface area contributed by atoms with Gasteiger partial charge in [0, 0.05) is 20.1 Å². The van der Waals surface area contributed by atoms with Crippen LogP contribution in [0.2, 0.25) is 0 Å². The normalized spacial score (nSPS) is 19.6. The zero-order valence-electron chi connectivity index (χ0n) is 24.4. The molecule has 1 aromatic rings. The number of carbonyl (C=O) groups is 2. The van der Waals surface area contributed by atoms with Crippen molar-refractivity contribution in [2.24, 2.45) is 23.7 Å². The molecule has 0 spiro atoms. The lowest BCUT2D eigenvalue weighted by molar-refractivity contribution is -0.146. The van der Waals surface area contributed by atoms with Crippen LogP contribution < -0.4 is 10.1 Å². The first-order valence-corrected chi connectivity index (χ1v) is 13.7. The number of hydrogen-bond acceptors (Lipinski definition) is 6. The minimum atomic E-state index is -0.611. The second-order valence-corrected chi connectivity index (χ2v) is 12.1. The minimum Gasteiger partial charge on any atom is -0.493 e. The third kappa shape index (κ3) is 10.2. The molecule has 1 fully saturated rings. The van der Waals surface area contributed by atoms with E-state index in [1.807, 2.05) is 34.6 Å². The molecule has 1 saturated heterocycles. The maximum absolute atomic E-state index is 12.8. The number of benzene rings is 1. The Morgan fingerprint density at radius 2 is 1.86 bits per heavy atom. The predicted molar refractivity (Wildman–Crippen MR) is 146 cm³/mol. The summed E-state index contributed by atoms with van der Waals surface area (Å²) in [5, 5.41) is 3.05. The van der Waals surface area contributed by atoms with E-state index in [-0.39, 0.29) is 35.9 Å². The number of amides is 1. The monoisotopic (exact) mass is 519 g/mol. The van der Waals surface area contributed by atoms with Crippen LogP contribution in [-0.4, -0.2) is 50.1 Å². The van der Waals surface area contributed by atoms with Crippen LogP contribution in [0.4, 0.5) is 4.79 Å². The molecule has 2 rings (SSSR count). The molecule has 1 aliphatic rings. The summed E-state index contributed by atoms with van der Waals surface area (Å²) in [6.45, 7) is 17.3. The average molecular weight is 520 g/mol. The van der Waals surface area contributed by atoms with Crippen LogP contribution in [0.5, 0.6) is 5.75 Å². The highest BCUT2D eigenvalue weighted by atomic mass is 16.6. The number of hydrogen-bond donors (Lipinski definition) is 1. The van der Waals surface area contributed by atoms with Gasteiger partial charge in [-0.15, -0.1) is 0 Å².